The molecule has 168 valence electrons. The number of anilines is 1. The van der Waals surface area contributed by atoms with Crippen molar-refractivity contribution in [3.05, 3.63) is 35.5 Å². The summed E-state index contributed by atoms with van der Waals surface area (Å²) in [4.78, 5) is 33.3. The Kier molecular flexibility index (Phi) is 6.26. The van der Waals surface area contributed by atoms with E-state index in [1.807, 2.05) is 12.1 Å². The topological polar surface area (TPSA) is 94.9 Å². The highest BCUT2D eigenvalue weighted by atomic mass is 32.1. The Balaban J connectivity index is 1.42. The van der Waals surface area contributed by atoms with E-state index < -0.39 is 6.61 Å². The third kappa shape index (κ3) is 4.44. The van der Waals surface area contributed by atoms with Crippen LogP contribution >= 0.6 is 11.3 Å². The molecule has 0 bridgehead atoms. The molecule has 0 saturated carbocycles. The molecule has 0 aromatic carbocycles. The van der Waals surface area contributed by atoms with Gasteiger partial charge in [-0.3, -0.25) is 14.7 Å². The largest absolute Gasteiger partial charge is 0.387 e. The number of nitrogens with zero attached hydrogens (tertiary/aromatic N) is 6. The third-order valence-corrected chi connectivity index (χ3v) is 6.98. The van der Waals surface area contributed by atoms with E-state index in [4.69, 9.17) is 19.8 Å². The minimum atomic E-state index is -0.418. The van der Waals surface area contributed by atoms with Crippen molar-refractivity contribution >= 4 is 33.3 Å². The molecule has 2 aliphatic heterocycles. The van der Waals surface area contributed by atoms with E-state index in [-0.39, 0.29) is 5.91 Å². The molecule has 5 rings (SSSR count). The van der Waals surface area contributed by atoms with Crippen LogP contribution in [-0.4, -0.2) is 94.9 Å². The highest BCUT2D eigenvalue weighted by Gasteiger charge is 2.23. The molecule has 0 aliphatic carbocycles. The zero-order chi connectivity index (χ0) is 21.9. The van der Waals surface area contributed by atoms with Gasteiger partial charge >= 0.3 is 0 Å². The fraction of sp³-hybridized carbons (Fsp3) is 0.455. The van der Waals surface area contributed by atoms with Gasteiger partial charge in [0.1, 0.15) is 6.61 Å². The zero-order valence-electron chi connectivity index (χ0n) is 17.8. The Morgan fingerprint density at radius 2 is 1.94 bits per heavy atom. The van der Waals surface area contributed by atoms with Gasteiger partial charge in [0.05, 0.1) is 23.4 Å². The van der Waals surface area contributed by atoms with Crippen molar-refractivity contribution in [2.45, 2.75) is 6.54 Å². The Morgan fingerprint density at radius 3 is 2.66 bits per heavy atom. The first kappa shape index (κ1) is 21.2. The Morgan fingerprint density at radius 1 is 1.12 bits per heavy atom. The van der Waals surface area contributed by atoms with E-state index in [1.54, 1.807) is 28.6 Å². The van der Waals surface area contributed by atoms with Crippen LogP contribution in [0.3, 0.4) is 0 Å². The second-order valence-electron chi connectivity index (χ2n) is 7.95. The van der Waals surface area contributed by atoms with E-state index >= 15 is 0 Å². The van der Waals surface area contributed by atoms with Crippen molar-refractivity contribution in [2.75, 3.05) is 64.0 Å². The van der Waals surface area contributed by atoms with Gasteiger partial charge in [0.15, 0.2) is 11.6 Å². The number of carbonyl (C=O) groups excluding carboxylic acids is 1. The van der Waals surface area contributed by atoms with Crippen LogP contribution in [0.1, 0.15) is 4.88 Å². The molecule has 3 aromatic rings. The number of pyridine rings is 1. The summed E-state index contributed by atoms with van der Waals surface area (Å²) in [6, 6.07) is 6.05. The lowest BCUT2D eigenvalue weighted by molar-refractivity contribution is -0.135. The summed E-state index contributed by atoms with van der Waals surface area (Å²) in [5, 5.41) is 9.08. The molecular formula is C22H26N6O3S. The normalized spacial score (nSPS) is 17.8. The second kappa shape index (κ2) is 9.45. The monoisotopic (exact) mass is 454 g/mol. The van der Waals surface area contributed by atoms with Crippen LogP contribution in [0.4, 0.5) is 5.82 Å². The number of aliphatic hydroxyl groups excluding tert-OH is 1. The first-order valence-corrected chi connectivity index (χ1v) is 11.7. The molecule has 1 amide bonds. The maximum Gasteiger partial charge on any atom is 0.248 e. The molecule has 0 spiro atoms. The molecular weight excluding hydrogens is 428 g/mol. The van der Waals surface area contributed by atoms with Crippen LogP contribution < -0.4 is 4.90 Å². The van der Waals surface area contributed by atoms with Gasteiger partial charge in [0, 0.05) is 68.6 Å². The summed E-state index contributed by atoms with van der Waals surface area (Å²) in [5.41, 5.74) is 1.86. The average molecular weight is 455 g/mol. The summed E-state index contributed by atoms with van der Waals surface area (Å²) >= 11 is 1.74. The standard InChI is InChI=1S/C22H26N6O3S/c29-15-19(30)27-6-4-26(5-7-27)14-17-12-18-20(32-17)22(28-8-10-31-11-9-28)25-21(24-18)16-2-1-3-23-13-16/h1-3,12-13,29H,4-11,14-15H2. The van der Waals surface area contributed by atoms with Gasteiger partial charge in [-0.25, -0.2) is 9.97 Å². The number of piperazine rings is 1. The maximum atomic E-state index is 11.7. The molecule has 2 fully saturated rings. The number of ether oxygens (including phenoxy) is 1. The van der Waals surface area contributed by atoms with Gasteiger partial charge < -0.3 is 19.6 Å². The Hall–Kier alpha value is -2.66. The van der Waals surface area contributed by atoms with Crippen LogP contribution in [0.25, 0.3) is 21.6 Å². The number of aromatic nitrogens is 3. The van der Waals surface area contributed by atoms with Crippen LogP contribution in [0.2, 0.25) is 0 Å². The molecule has 2 aliphatic rings. The molecule has 1 N–H and O–H groups in total. The lowest BCUT2D eigenvalue weighted by Gasteiger charge is -2.34. The van der Waals surface area contributed by atoms with Gasteiger partial charge in [-0.05, 0) is 18.2 Å². The summed E-state index contributed by atoms with van der Waals surface area (Å²) in [7, 11) is 0. The summed E-state index contributed by atoms with van der Waals surface area (Å²) in [6.07, 6.45) is 3.55. The third-order valence-electron chi connectivity index (χ3n) is 5.87. The van der Waals surface area contributed by atoms with E-state index in [0.29, 0.717) is 32.1 Å². The molecule has 9 nitrogen and oxygen atoms in total. The number of fused-ring (bicyclic) bond motifs is 1. The zero-order valence-corrected chi connectivity index (χ0v) is 18.6. The van der Waals surface area contributed by atoms with E-state index in [2.05, 4.69) is 20.9 Å². The lowest BCUT2D eigenvalue weighted by Crippen LogP contribution is -2.49. The van der Waals surface area contributed by atoms with Gasteiger partial charge in [-0.2, -0.15) is 0 Å². The van der Waals surface area contributed by atoms with E-state index in [0.717, 1.165) is 54.3 Å². The van der Waals surface area contributed by atoms with Gasteiger partial charge in [-0.15, -0.1) is 11.3 Å². The van der Waals surface area contributed by atoms with Crippen molar-refractivity contribution < 1.29 is 14.6 Å². The number of morpholine rings is 1. The van der Waals surface area contributed by atoms with E-state index in [1.165, 1.54) is 4.88 Å². The fourth-order valence-corrected chi connectivity index (χ4v) is 5.29. The predicted molar refractivity (Wildman–Crippen MR) is 123 cm³/mol. The summed E-state index contributed by atoms with van der Waals surface area (Å²) in [5.74, 6) is 1.46. The molecule has 2 saturated heterocycles. The minimum absolute atomic E-state index is 0.195. The molecule has 5 heterocycles. The quantitative estimate of drug-likeness (QED) is 0.615. The van der Waals surface area contributed by atoms with Crippen LogP contribution in [-0.2, 0) is 16.1 Å². The lowest BCUT2D eigenvalue weighted by atomic mass is 10.2. The highest BCUT2D eigenvalue weighted by molar-refractivity contribution is 7.19. The molecule has 0 atom stereocenters. The number of aliphatic hydroxyl groups is 1. The van der Waals surface area contributed by atoms with Crippen molar-refractivity contribution in [1.82, 2.24) is 24.8 Å². The van der Waals surface area contributed by atoms with Crippen molar-refractivity contribution in [1.29, 1.82) is 0 Å². The van der Waals surface area contributed by atoms with Gasteiger partial charge in [0.2, 0.25) is 5.91 Å². The van der Waals surface area contributed by atoms with E-state index in [9.17, 15) is 4.79 Å². The van der Waals surface area contributed by atoms with Gasteiger partial charge in [0.25, 0.3) is 0 Å². The number of carbonyl (C=O) groups is 1. The van der Waals surface area contributed by atoms with Crippen molar-refractivity contribution in [3.8, 4) is 11.4 Å². The predicted octanol–water partition coefficient (Wildman–Crippen LogP) is 1.23. The van der Waals surface area contributed by atoms with Crippen molar-refractivity contribution in [2.24, 2.45) is 0 Å². The molecule has 10 heteroatoms. The average Bonchev–Trinajstić information content (AvgIpc) is 3.26. The first-order chi connectivity index (χ1) is 15.7. The summed E-state index contributed by atoms with van der Waals surface area (Å²) in [6.45, 7) is 6.30. The SMILES string of the molecule is O=C(CO)N1CCN(Cc2cc3nc(-c4cccnc4)nc(N4CCOCC4)c3s2)CC1. The molecule has 0 unspecified atom stereocenters. The molecule has 3 aromatic heterocycles. The van der Waals surface area contributed by atoms with Crippen molar-refractivity contribution in [3.63, 3.8) is 0 Å². The maximum absolute atomic E-state index is 11.7. The minimum Gasteiger partial charge on any atom is -0.387 e. The number of amides is 1. The highest BCUT2D eigenvalue weighted by Crippen LogP contribution is 2.35. The first-order valence-electron chi connectivity index (χ1n) is 10.9. The van der Waals surface area contributed by atoms with Crippen LogP contribution in [0, 0.1) is 0 Å². The molecule has 0 radical (unpaired) electrons. The Bertz CT molecular complexity index is 1080. The summed E-state index contributed by atoms with van der Waals surface area (Å²) < 4.78 is 6.65. The molecule has 32 heavy (non-hydrogen) atoms. The smallest absolute Gasteiger partial charge is 0.248 e. The fourth-order valence-electron chi connectivity index (χ4n) is 4.13. The Labute approximate surface area is 190 Å². The number of hydrogen-bond acceptors (Lipinski definition) is 9. The number of thiophene rings is 1. The van der Waals surface area contributed by atoms with Crippen LogP contribution in [0.5, 0.6) is 0 Å². The number of rotatable bonds is 5. The van der Waals surface area contributed by atoms with Gasteiger partial charge in [-0.1, -0.05) is 0 Å². The second-order valence-corrected chi connectivity index (χ2v) is 9.09. The number of hydrogen-bond donors (Lipinski definition) is 1. The van der Waals surface area contributed by atoms with Crippen LogP contribution in [0.15, 0.2) is 30.6 Å².